The minimum atomic E-state index is -1.03. The summed E-state index contributed by atoms with van der Waals surface area (Å²) in [5.74, 6) is -1.93. The predicted octanol–water partition coefficient (Wildman–Crippen LogP) is 4.34. The number of hydrogen-bond donors (Lipinski definition) is 4. The van der Waals surface area contributed by atoms with Crippen molar-refractivity contribution in [2.45, 2.75) is 63.4 Å². The van der Waals surface area contributed by atoms with Crippen molar-refractivity contribution in [3.8, 4) is 0 Å². The van der Waals surface area contributed by atoms with Gasteiger partial charge in [-0.1, -0.05) is 84.9 Å². The number of benzene rings is 3. The minimum absolute atomic E-state index is 0.0401. The van der Waals surface area contributed by atoms with Gasteiger partial charge in [0, 0.05) is 30.1 Å². The minimum Gasteiger partial charge on any atom is -0.462 e. The molecule has 0 radical (unpaired) electrons. The number of aliphatic hydroxyl groups is 1. The Labute approximate surface area is 290 Å². The number of hydrogen-bond acceptors (Lipinski definition) is 7. The number of aliphatic hydroxyl groups excluding tert-OH is 1. The maximum atomic E-state index is 13.9. The molecule has 0 fully saturated rings. The fraction of sp³-hybridized carbons (Fsp3) is 0.333. The summed E-state index contributed by atoms with van der Waals surface area (Å²) in [5.41, 5.74) is 4.80. The quantitative estimate of drug-likeness (QED) is 0.160. The molecule has 11 nitrogen and oxygen atoms in total. The summed E-state index contributed by atoms with van der Waals surface area (Å²) in [6.07, 6.45) is 5.71. The number of carbonyl (C=O) groups is 4. The normalized spacial score (nSPS) is 21.3. The van der Waals surface area contributed by atoms with Gasteiger partial charge in [0.25, 0.3) is 0 Å². The third-order valence-electron chi connectivity index (χ3n) is 9.34. The summed E-state index contributed by atoms with van der Waals surface area (Å²) in [5, 5.41) is 16.8. The van der Waals surface area contributed by atoms with Crippen molar-refractivity contribution in [3.63, 3.8) is 0 Å². The Hall–Kier alpha value is -5.42. The Balaban J connectivity index is 1.20. The highest BCUT2D eigenvalue weighted by Crippen LogP contribution is 2.26. The van der Waals surface area contributed by atoms with E-state index in [4.69, 9.17) is 9.47 Å². The van der Waals surface area contributed by atoms with Crippen LogP contribution in [-0.4, -0.2) is 70.2 Å². The lowest BCUT2D eigenvalue weighted by Gasteiger charge is -2.36. The number of esters is 1. The van der Waals surface area contributed by atoms with Gasteiger partial charge in [-0.15, -0.1) is 0 Å². The number of alkyl carbamates (subject to hydrolysis) is 1. The van der Waals surface area contributed by atoms with Gasteiger partial charge in [-0.25, -0.2) is 9.59 Å². The second-order valence-corrected chi connectivity index (χ2v) is 12.8. The van der Waals surface area contributed by atoms with E-state index in [0.717, 1.165) is 33.2 Å². The lowest BCUT2D eigenvalue weighted by atomic mass is 9.92. The maximum absolute atomic E-state index is 13.9. The van der Waals surface area contributed by atoms with E-state index in [1.165, 1.54) is 0 Å². The van der Waals surface area contributed by atoms with E-state index in [9.17, 15) is 24.3 Å². The average Bonchev–Trinajstić information content (AvgIpc) is 3.55. The Morgan fingerprint density at radius 1 is 0.940 bits per heavy atom. The molecule has 2 aliphatic rings. The number of fused-ring (bicyclic) bond motifs is 2. The summed E-state index contributed by atoms with van der Waals surface area (Å²) in [6, 6.07) is 22.8. The van der Waals surface area contributed by atoms with Crippen molar-refractivity contribution in [1.29, 1.82) is 0 Å². The third-order valence-corrected chi connectivity index (χ3v) is 9.34. The van der Waals surface area contributed by atoms with Gasteiger partial charge in [0.1, 0.15) is 19.3 Å². The molecule has 11 heteroatoms. The van der Waals surface area contributed by atoms with E-state index in [1.807, 2.05) is 85.1 Å². The van der Waals surface area contributed by atoms with Gasteiger partial charge >= 0.3 is 12.1 Å². The first-order valence-corrected chi connectivity index (χ1v) is 17.0. The summed E-state index contributed by atoms with van der Waals surface area (Å²) in [7, 11) is 0. The lowest BCUT2D eigenvalue weighted by molar-refractivity contribution is -0.147. The molecule has 1 aromatic heterocycles. The molecule has 0 spiro atoms. The molecule has 4 atom stereocenters. The van der Waals surface area contributed by atoms with E-state index >= 15 is 0 Å². The first-order valence-electron chi connectivity index (χ1n) is 17.0. The molecule has 260 valence electrons. The van der Waals surface area contributed by atoms with Crippen LogP contribution in [0.1, 0.15) is 41.5 Å². The van der Waals surface area contributed by atoms with Gasteiger partial charge in [0.05, 0.1) is 24.6 Å². The number of nitrogens with zero attached hydrogens (tertiary/aromatic N) is 1. The second-order valence-electron chi connectivity index (χ2n) is 12.8. The fourth-order valence-electron chi connectivity index (χ4n) is 6.59. The van der Waals surface area contributed by atoms with Crippen LogP contribution in [0.15, 0.2) is 97.2 Å². The molecule has 4 aromatic rings. The number of H-pyrrole nitrogens is 1. The molecule has 50 heavy (non-hydrogen) atoms. The van der Waals surface area contributed by atoms with Crippen LogP contribution in [0.3, 0.4) is 0 Å². The molecule has 0 aliphatic carbocycles. The summed E-state index contributed by atoms with van der Waals surface area (Å²) in [6.45, 7) is 0.0635. The van der Waals surface area contributed by atoms with E-state index < -0.39 is 30.1 Å². The van der Waals surface area contributed by atoms with Crippen molar-refractivity contribution >= 4 is 34.8 Å². The summed E-state index contributed by atoms with van der Waals surface area (Å²) >= 11 is 0. The summed E-state index contributed by atoms with van der Waals surface area (Å²) < 4.78 is 11.1. The highest BCUT2D eigenvalue weighted by atomic mass is 16.6. The molecular weight excluding hydrogens is 636 g/mol. The van der Waals surface area contributed by atoms with Crippen LogP contribution in [0, 0.1) is 5.92 Å². The molecule has 3 heterocycles. The van der Waals surface area contributed by atoms with E-state index in [2.05, 4.69) is 15.6 Å². The molecule has 2 aliphatic heterocycles. The van der Waals surface area contributed by atoms with Crippen LogP contribution in [0.2, 0.25) is 0 Å². The number of ether oxygens (including phenoxy) is 2. The van der Waals surface area contributed by atoms with Gasteiger partial charge < -0.3 is 35.1 Å². The number of amides is 3. The average molecular weight is 679 g/mol. The zero-order valence-corrected chi connectivity index (χ0v) is 27.8. The smallest absolute Gasteiger partial charge is 0.408 e. The van der Waals surface area contributed by atoms with E-state index in [1.54, 1.807) is 17.1 Å². The van der Waals surface area contributed by atoms with E-state index in [-0.39, 0.29) is 56.9 Å². The number of cyclic esters (lactones) is 1. The van der Waals surface area contributed by atoms with Crippen molar-refractivity contribution < 1.29 is 33.8 Å². The van der Waals surface area contributed by atoms with Gasteiger partial charge in [-0.2, -0.15) is 0 Å². The maximum Gasteiger partial charge on any atom is 0.408 e. The van der Waals surface area contributed by atoms with Crippen LogP contribution in [0.25, 0.3) is 10.9 Å². The third kappa shape index (κ3) is 8.59. The largest absolute Gasteiger partial charge is 0.462 e. The number of aromatic amines is 1. The number of nitrogens with one attached hydrogen (secondary N) is 3. The van der Waals surface area contributed by atoms with Crippen LogP contribution in [0.5, 0.6) is 0 Å². The number of carbonyl (C=O) groups excluding carboxylic acids is 4. The topological polar surface area (TPSA) is 150 Å². The Kier molecular flexibility index (Phi) is 11.2. The molecule has 3 amide bonds. The molecule has 0 saturated carbocycles. The number of allylic oxidation sites excluding steroid dienone is 1. The fourth-order valence-corrected chi connectivity index (χ4v) is 6.59. The monoisotopic (exact) mass is 678 g/mol. The number of para-hydroxylation sites is 1. The SMILES string of the molecule is O=C(N[C@@H]1CC=CC[C@H](CC(=O)N2Cc3ccccc3C[C@H]2CO)C(=O)N[C@@H](Cc2c[nH]c3ccccc23)COC1=O)OCc1ccccc1. The van der Waals surface area contributed by atoms with Gasteiger partial charge in [-0.05, 0) is 54.0 Å². The molecule has 0 unspecified atom stereocenters. The molecule has 4 N–H and O–H groups in total. The zero-order valence-electron chi connectivity index (χ0n) is 27.8. The first kappa shape index (κ1) is 34.4. The van der Waals surface area contributed by atoms with Crippen molar-refractivity contribution in [2.24, 2.45) is 5.92 Å². The summed E-state index contributed by atoms with van der Waals surface area (Å²) in [4.78, 5) is 58.6. The number of rotatable bonds is 8. The van der Waals surface area contributed by atoms with Crippen molar-refractivity contribution in [1.82, 2.24) is 20.5 Å². The molecule has 0 bridgehead atoms. The van der Waals surface area contributed by atoms with Crippen LogP contribution < -0.4 is 10.6 Å². The molecule has 6 rings (SSSR count). The highest BCUT2D eigenvalue weighted by molar-refractivity contribution is 5.87. The van der Waals surface area contributed by atoms with Gasteiger partial charge in [0.15, 0.2) is 0 Å². The lowest BCUT2D eigenvalue weighted by Crippen LogP contribution is -2.49. The Bertz CT molecular complexity index is 1840. The van der Waals surface area contributed by atoms with E-state index in [0.29, 0.717) is 19.4 Å². The van der Waals surface area contributed by atoms with Gasteiger partial charge in [-0.3, -0.25) is 9.59 Å². The standard InChI is InChI=1S/C39H42N4O7/c44-23-32-19-27-12-4-5-14-29(27)22-43(32)36(45)20-28-13-6-8-17-35(42-39(48)50-24-26-10-2-1-3-11-26)38(47)49-25-31(41-37(28)46)18-30-21-40-34-16-9-7-15-33(30)34/h1-12,14-16,21,28,31-32,35,40,44H,13,17-20,22-25H2,(H,41,46)(H,42,48)/t28-,31+,32+,35-/m1/s1. The predicted molar refractivity (Wildman–Crippen MR) is 186 cm³/mol. The van der Waals surface area contributed by atoms with Crippen LogP contribution >= 0.6 is 0 Å². The number of aromatic nitrogens is 1. The molecular formula is C39H42N4O7. The zero-order chi connectivity index (χ0) is 34.9. The second kappa shape index (κ2) is 16.3. The van der Waals surface area contributed by atoms with Crippen molar-refractivity contribution in [3.05, 3.63) is 119 Å². The van der Waals surface area contributed by atoms with Crippen LogP contribution in [-0.2, 0) is 49.9 Å². The Morgan fingerprint density at radius 3 is 2.50 bits per heavy atom. The molecule has 0 saturated heterocycles. The van der Waals surface area contributed by atoms with Crippen molar-refractivity contribution in [2.75, 3.05) is 13.2 Å². The van der Waals surface area contributed by atoms with Gasteiger partial charge in [0.2, 0.25) is 11.8 Å². The Morgan fingerprint density at radius 2 is 1.68 bits per heavy atom. The molecule has 3 aromatic carbocycles. The van der Waals surface area contributed by atoms with Crippen LogP contribution in [0.4, 0.5) is 4.79 Å². The first-order chi connectivity index (χ1) is 24.4. The highest BCUT2D eigenvalue weighted by Gasteiger charge is 2.33.